The number of ether oxygens (including phenoxy) is 1. The highest BCUT2D eigenvalue weighted by Gasteiger charge is 2.33. The molecule has 2 N–H and O–H groups in total. The van der Waals surface area contributed by atoms with Gasteiger partial charge in [0.1, 0.15) is 6.04 Å². The zero-order valence-corrected chi connectivity index (χ0v) is 12.1. The van der Waals surface area contributed by atoms with Gasteiger partial charge < -0.3 is 20.1 Å². The van der Waals surface area contributed by atoms with Crippen molar-refractivity contribution >= 4 is 12.0 Å². The molecule has 0 aliphatic rings. The summed E-state index contributed by atoms with van der Waals surface area (Å²) in [6, 6.07) is -1.38. The first-order valence-corrected chi connectivity index (χ1v) is 6.12. The minimum Gasteiger partial charge on any atom is -0.480 e. The number of urea groups is 1. The number of carboxylic acids is 1. The van der Waals surface area contributed by atoms with E-state index in [1.54, 1.807) is 34.0 Å². The fourth-order valence-electron chi connectivity index (χ4n) is 1.50. The molecule has 0 saturated heterocycles. The van der Waals surface area contributed by atoms with Crippen LogP contribution in [0, 0.1) is 5.41 Å². The Hall–Kier alpha value is -1.56. The van der Waals surface area contributed by atoms with Gasteiger partial charge in [0.05, 0.1) is 6.61 Å². The van der Waals surface area contributed by atoms with Gasteiger partial charge in [0.25, 0.3) is 0 Å². The molecule has 0 heterocycles. The van der Waals surface area contributed by atoms with Crippen molar-refractivity contribution in [1.82, 2.24) is 10.2 Å². The van der Waals surface area contributed by atoms with Crippen LogP contribution in [0.5, 0.6) is 0 Å². The summed E-state index contributed by atoms with van der Waals surface area (Å²) in [6.07, 6.45) is 1.59. The molecule has 0 aromatic heterocycles. The van der Waals surface area contributed by atoms with E-state index < -0.39 is 23.5 Å². The van der Waals surface area contributed by atoms with Crippen molar-refractivity contribution in [3.05, 3.63) is 12.7 Å². The van der Waals surface area contributed by atoms with E-state index >= 15 is 0 Å². The molecule has 1 atom stereocenters. The minimum atomic E-state index is -1.05. The molecular formula is C13H24N2O4. The lowest BCUT2D eigenvalue weighted by Gasteiger charge is -2.30. The molecular weight excluding hydrogens is 248 g/mol. The van der Waals surface area contributed by atoms with Crippen LogP contribution in [0.15, 0.2) is 12.7 Å². The lowest BCUT2D eigenvalue weighted by Crippen LogP contribution is -2.53. The minimum absolute atomic E-state index is 0.339. The van der Waals surface area contributed by atoms with Crippen molar-refractivity contribution in [2.75, 3.05) is 26.8 Å². The van der Waals surface area contributed by atoms with Crippen LogP contribution in [0.3, 0.4) is 0 Å². The van der Waals surface area contributed by atoms with E-state index in [-0.39, 0.29) is 0 Å². The van der Waals surface area contributed by atoms with Gasteiger partial charge in [-0.15, -0.1) is 6.58 Å². The Balaban J connectivity index is 4.75. The fraction of sp³-hybridized carbons (Fsp3) is 0.692. The first-order chi connectivity index (χ1) is 8.73. The zero-order chi connectivity index (χ0) is 15.1. The SMILES string of the molecule is C=CCN(CCOC)C(=O)N[C@@H](C(=O)O)C(C)(C)C. The quantitative estimate of drug-likeness (QED) is 0.685. The van der Waals surface area contributed by atoms with Crippen LogP contribution < -0.4 is 5.32 Å². The van der Waals surface area contributed by atoms with E-state index in [1.165, 1.54) is 4.90 Å². The van der Waals surface area contributed by atoms with Crippen molar-refractivity contribution in [2.45, 2.75) is 26.8 Å². The average Bonchev–Trinajstić information content (AvgIpc) is 2.29. The summed E-state index contributed by atoms with van der Waals surface area (Å²) < 4.78 is 4.92. The number of hydrogen-bond donors (Lipinski definition) is 2. The maximum absolute atomic E-state index is 12.0. The van der Waals surface area contributed by atoms with Crippen LogP contribution in [-0.2, 0) is 9.53 Å². The van der Waals surface area contributed by atoms with Crippen molar-refractivity contribution in [3.8, 4) is 0 Å². The molecule has 0 saturated carbocycles. The summed E-state index contributed by atoms with van der Waals surface area (Å²) in [6.45, 7) is 9.97. The van der Waals surface area contributed by atoms with Gasteiger partial charge in [-0.05, 0) is 5.41 Å². The van der Waals surface area contributed by atoms with E-state index in [0.29, 0.717) is 19.7 Å². The number of hydrogen-bond acceptors (Lipinski definition) is 3. The van der Waals surface area contributed by atoms with Gasteiger partial charge in [-0.1, -0.05) is 26.8 Å². The van der Waals surface area contributed by atoms with E-state index in [9.17, 15) is 9.59 Å². The van der Waals surface area contributed by atoms with Crippen LogP contribution in [0.1, 0.15) is 20.8 Å². The van der Waals surface area contributed by atoms with Gasteiger partial charge >= 0.3 is 12.0 Å². The third-order valence-electron chi connectivity index (χ3n) is 2.58. The standard InChI is InChI=1S/C13H24N2O4/c1-6-7-15(8-9-19-5)12(18)14-10(11(16)17)13(2,3)4/h6,10H,1,7-9H2,2-5H3,(H,14,18)(H,16,17)/t10-/m0/s1. The second-order valence-corrected chi connectivity index (χ2v) is 5.31. The van der Waals surface area contributed by atoms with Gasteiger partial charge in [0.15, 0.2) is 0 Å². The van der Waals surface area contributed by atoms with E-state index in [0.717, 1.165) is 0 Å². The number of nitrogens with one attached hydrogen (secondary N) is 1. The van der Waals surface area contributed by atoms with E-state index in [4.69, 9.17) is 9.84 Å². The van der Waals surface area contributed by atoms with Crippen molar-refractivity contribution in [1.29, 1.82) is 0 Å². The Kier molecular flexibility index (Phi) is 7.14. The number of carbonyl (C=O) groups is 2. The van der Waals surface area contributed by atoms with E-state index in [2.05, 4.69) is 11.9 Å². The van der Waals surface area contributed by atoms with Crippen molar-refractivity contribution < 1.29 is 19.4 Å². The lowest BCUT2D eigenvalue weighted by molar-refractivity contribution is -0.142. The monoisotopic (exact) mass is 272 g/mol. The topological polar surface area (TPSA) is 78.9 Å². The molecule has 19 heavy (non-hydrogen) atoms. The second-order valence-electron chi connectivity index (χ2n) is 5.31. The number of carboxylic acid groups (broad SMARTS) is 1. The van der Waals surface area contributed by atoms with Crippen molar-refractivity contribution in [3.63, 3.8) is 0 Å². The molecule has 2 amide bonds. The summed E-state index contributed by atoms with van der Waals surface area (Å²) in [7, 11) is 1.54. The summed E-state index contributed by atoms with van der Waals surface area (Å²) >= 11 is 0. The summed E-state index contributed by atoms with van der Waals surface area (Å²) in [5, 5.41) is 11.7. The first kappa shape index (κ1) is 17.4. The number of rotatable bonds is 7. The van der Waals surface area contributed by atoms with Gasteiger partial charge in [-0.2, -0.15) is 0 Å². The highest BCUT2D eigenvalue weighted by atomic mass is 16.5. The predicted molar refractivity (Wildman–Crippen MR) is 73.1 cm³/mol. The third kappa shape index (κ3) is 6.24. The summed E-state index contributed by atoms with van der Waals surface area (Å²) in [4.78, 5) is 24.7. The molecule has 0 aromatic carbocycles. The molecule has 0 aliphatic carbocycles. The maximum atomic E-state index is 12.0. The highest BCUT2D eigenvalue weighted by molar-refractivity contribution is 5.83. The molecule has 0 spiro atoms. The largest absolute Gasteiger partial charge is 0.480 e. The van der Waals surface area contributed by atoms with Gasteiger partial charge in [0, 0.05) is 20.2 Å². The number of amides is 2. The highest BCUT2D eigenvalue weighted by Crippen LogP contribution is 2.19. The molecule has 0 unspecified atom stereocenters. The normalized spacial score (nSPS) is 12.6. The molecule has 0 radical (unpaired) electrons. The number of aliphatic carboxylic acids is 1. The molecule has 0 rings (SSSR count). The molecule has 6 nitrogen and oxygen atoms in total. The number of methoxy groups -OCH3 is 1. The molecule has 110 valence electrons. The molecule has 0 aliphatic heterocycles. The Morgan fingerprint density at radius 2 is 2.05 bits per heavy atom. The zero-order valence-electron chi connectivity index (χ0n) is 12.1. The Bertz CT molecular complexity index is 323. The number of carbonyl (C=O) groups excluding carboxylic acids is 1. The molecule has 0 aromatic rings. The van der Waals surface area contributed by atoms with Gasteiger partial charge in [-0.3, -0.25) is 0 Å². The Labute approximate surface area is 114 Å². The van der Waals surface area contributed by atoms with Crippen LogP contribution in [0.25, 0.3) is 0 Å². The van der Waals surface area contributed by atoms with Gasteiger partial charge in [-0.25, -0.2) is 9.59 Å². The maximum Gasteiger partial charge on any atom is 0.326 e. The fourth-order valence-corrected chi connectivity index (χ4v) is 1.50. The lowest BCUT2D eigenvalue weighted by atomic mass is 9.87. The van der Waals surface area contributed by atoms with Gasteiger partial charge in [0.2, 0.25) is 0 Å². The van der Waals surface area contributed by atoms with Crippen molar-refractivity contribution in [2.24, 2.45) is 5.41 Å². The Morgan fingerprint density at radius 3 is 2.42 bits per heavy atom. The van der Waals surface area contributed by atoms with E-state index in [1.807, 2.05) is 0 Å². The van der Waals surface area contributed by atoms with Crippen LogP contribution in [0.4, 0.5) is 4.79 Å². The second kappa shape index (κ2) is 7.78. The Morgan fingerprint density at radius 1 is 1.47 bits per heavy atom. The van der Waals surface area contributed by atoms with Crippen LogP contribution >= 0.6 is 0 Å². The molecule has 0 bridgehead atoms. The van der Waals surface area contributed by atoms with Crippen LogP contribution in [-0.4, -0.2) is 54.9 Å². The first-order valence-electron chi connectivity index (χ1n) is 6.12. The smallest absolute Gasteiger partial charge is 0.326 e. The van der Waals surface area contributed by atoms with Crippen LogP contribution in [0.2, 0.25) is 0 Å². The predicted octanol–water partition coefficient (Wildman–Crippen LogP) is 1.33. The third-order valence-corrected chi connectivity index (χ3v) is 2.58. The average molecular weight is 272 g/mol. The molecule has 6 heteroatoms. The molecule has 0 fully saturated rings. The number of nitrogens with zero attached hydrogens (tertiary/aromatic N) is 1. The summed E-state index contributed by atoms with van der Waals surface area (Å²) in [5.74, 6) is -1.05. The summed E-state index contributed by atoms with van der Waals surface area (Å²) in [5.41, 5.74) is -0.567.